The van der Waals surface area contributed by atoms with Gasteiger partial charge in [-0.05, 0) is 77.9 Å². The van der Waals surface area contributed by atoms with Crippen molar-refractivity contribution in [1.82, 2.24) is 25.0 Å². The molecule has 0 spiro atoms. The first-order valence-corrected chi connectivity index (χ1v) is 13.7. The van der Waals surface area contributed by atoms with Crippen molar-refractivity contribution >= 4 is 23.6 Å². The molecule has 0 unspecified atom stereocenters. The van der Waals surface area contributed by atoms with E-state index < -0.39 is 0 Å². The minimum atomic E-state index is -0.00117. The number of hydrogen-bond acceptors (Lipinski definition) is 6. The minimum absolute atomic E-state index is 0.00117. The zero-order valence-electron chi connectivity index (χ0n) is 23.2. The Balaban J connectivity index is 1.31. The zero-order chi connectivity index (χ0) is 26.4. The number of nitrogens with one attached hydrogen (secondary N) is 2. The average Bonchev–Trinajstić information content (AvgIpc) is 3.17. The smallest absolute Gasteiger partial charge is 0.235 e. The topological polar surface area (TPSA) is 107 Å². The summed E-state index contributed by atoms with van der Waals surface area (Å²) in [5.41, 5.74) is 7.11. The first-order valence-electron chi connectivity index (χ1n) is 13.7. The first-order chi connectivity index (χ1) is 17.7. The van der Waals surface area contributed by atoms with Gasteiger partial charge < -0.3 is 20.5 Å². The number of carbonyl (C=O) groups is 1. The lowest BCUT2D eigenvalue weighted by Gasteiger charge is -2.53. The second kappa shape index (κ2) is 9.83. The van der Waals surface area contributed by atoms with Crippen LogP contribution in [-0.2, 0) is 24.3 Å². The number of fused-ring (bicyclic) bond motifs is 4. The number of aromatic nitrogens is 3. The fourth-order valence-corrected chi connectivity index (χ4v) is 6.95. The van der Waals surface area contributed by atoms with Crippen molar-refractivity contribution in [3.05, 3.63) is 34.3 Å². The van der Waals surface area contributed by atoms with Gasteiger partial charge in [0, 0.05) is 54.8 Å². The molecule has 200 valence electrons. The Kier molecular flexibility index (Phi) is 6.87. The lowest BCUT2D eigenvalue weighted by molar-refractivity contribution is -0.543. The van der Waals surface area contributed by atoms with Crippen LogP contribution < -0.4 is 15.5 Å². The summed E-state index contributed by atoms with van der Waals surface area (Å²) in [6.07, 6.45) is 9.10. The van der Waals surface area contributed by atoms with E-state index in [1.807, 2.05) is 38.3 Å². The molecule has 1 aliphatic heterocycles. The van der Waals surface area contributed by atoms with Crippen molar-refractivity contribution < 1.29 is 10.1 Å². The van der Waals surface area contributed by atoms with Gasteiger partial charge in [-0.15, -0.1) is 0 Å². The van der Waals surface area contributed by atoms with Gasteiger partial charge in [-0.3, -0.25) is 14.8 Å². The van der Waals surface area contributed by atoms with E-state index in [4.69, 9.17) is 10.5 Å². The average molecular weight is 508 g/mol. The number of likely N-dealkylation sites (N-methyl/N-ethyl adjacent to an activating group) is 1. The molecule has 3 aliphatic carbocycles. The Morgan fingerprint density at radius 2 is 1.92 bits per heavy atom. The van der Waals surface area contributed by atoms with Gasteiger partial charge in [-0.1, -0.05) is 0 Å². The molecule has 4 N–H and O–H groups in total. The van der Waals surface area contributed by atoms with Crippen LogP contribution in [0.3, 0.4) is 0 Å². The van der Waals surface area contributed by atoms with E-state index in [1.54, 1.807) is 0 Å². The molecule has 9 nitrogen and oxygen atoms in total. The third-order valence-electron chi connectivity index (χ3n) is 9.04. The number of nitrogens with zero attached hydrogens (tertiary/aromatic N) is 5. The Morgan fingerprint density at radius 3 is 2.54 bits per heavy atom. The molecule has 2 aromatic rings. The van der Waals surface area contributed by atoms with Crippen LogP contribution >= 0.6 is 0 Å². The van der Waals surface area contributed by atoms with Crippen LogP contribution in [0.25, 0.3) is 0 Å². The van der Waals surface area contributed by atoms with Crippen molar-refractivity contribution in [2.45, 2.75) is 77.4 Å². The maximum Gasteiger partial charge on any atom is 0.235 e. The summed E-state index contributed by atoms with van der Waals surface area (Å²) >= 11 is 0. The fraction of sp³-hybridized carbons (Fsp3) is 0.643. The summed E-state index contributed by atoms with van der Waals surface area (Å²) in [6, 6.07) is 2.12. The Morgan fingerprint density at radius 1 is 1.22 bits per heavy atom. The number of quaternary nitrogens is 1. The molecule has 0 radical (unpaired) electrons. The molecule has 3 fully saturated rings. The van der Waals surface area contributed by atoms with Gasteiger partial charge in [0.2, 0.25) is 11.7 Å². The van der Waals surface area contributed by atoms with Gasteiger partial charge in [0.05, 0.1) is 30.5 Å². The molecule has 0 saturated heterocycles. The van der Waals surface area contributed by atoms with Gasteiger partial charge in [-0.25, -0.2) is 4.98 Å². The van der Waals surface area contributed by atoms with E-state index in [2.05, 4.69) is 32.9 Å². The van der Waals surface area contributed by atoms with Gasteiger partial charge in [0.1, 0.15) is 0 Å². The molecule has 9 heteroatoms. The Labute approximate surface area is 220 Å². The van der Waals surface area contributed by atoms with E-state index in [0.29, 0.717) is 12.0 Å². The summed E-state index contributed by atoms with van der Waals surface area (Å²) in [6.45, 7) is 7.35. The van der Waals surface area contributed by atoms with Crippen molar-refractivity contribution in [1.29, 1.82) is 5.41 Å². The summed E-state index contributed by atoms with van der Waals surface area (Å²) in [5.74, 6) is 1.03. The van der Waals surface area contributed by atoms with E-state index >= 15 is 0 Å². The molecule has 4 aliphatic rings. The Hall–Kier alpha value is -2.78. The van der Waals surface area contributed by atoms with Crippen molar-refractivity contribution in [3.63, 3.8) is 0 Å². The van der Waals surface area contributed by atoms with E-state index in [0.717, 1.165) is 93.0 Å². The van der Waals surface area contributed by atoms with Crippen LogP contribution in [0.2, 0.25) is 0 Å². The molecule has 3 saturated carbocycles. The predicted molar refractivity (Wildman–Crippen MR) is 146 cm³/mol. The number of hydrogen-bond donors (Lipinski definition) is 3. The number of amides is 1. The standard InChI is InChI=1S/C28H42N8O/c1-19-14-24(21(15-29)26(30-3)31-19)35-13-6-23-22(16-35)20(2)33-36(23)18-27-7-10-28(11-8-27,12-9-27)32-25(37)17-34(4)5/h14-15,29H,6-13,16-18H2,1-5H3,(H,30,31)(H,32,37)/p+1. The first kappa shape index (κ1) is 25.9. The number of aryl methyl sites for hydroxylation is 2. The number of carbonyl (C=O) groups excluding carboxylic acids is 1. The maximum atomic E-state index is 12.5. The van der Waals surface area contributed by atoms with Crippen LogP contribution in [0.5, 0.6) is 0 Å². The van der Waals surface area contributed by atoms with Crippen LogP contribution in [0, 0.1) is 24.7 Å². The molecule has 3 heterocycles. The Bertz CT molecular complexity index is 1170. The van der Waals surface area contributed by atoms with E-state index in [9.17, 15) is 4.79 Å². The normalized spacial score (nSPS) is 24.9. The SMILES string of the molecule is C[NH2+]c1nc(C)cc(N2CCc3c(c(C)nn3CC34CCC(NC(=O)CN(C)C)(CC3)CC4)C2)c1C=N. The maximum absolute atomic E-state index is 12.5. The minimum Gasteiger partial charge on any atom is -0.366 e. The van der Waals surface area contributed by atoms with Crippen LogP contribution in [0.15, 0.2) is 6.07 Å². The highest BCUT2D eigenvalue weighted by atomic mass is 16.2. The highest BCUT2D eigenvalue weighted by molar-refractivity contribution is 5.90. The van der Waals surface area contributed by atoms with Crippen molar-refractivity contribution in [3.8, 4) is 0 Å². The quantitative estimate of drug-likeness (QED) is 0.474. The zero-order valence-corrected chi connectivity index (χ0v) is 23.2. The number of pyridine rings is 1. The third-order valence-corrected chi connectivity index (χ3v) is 9.04. The molecule has 6 rings (SSSR count). The highest BCUT2D eigenvalue weighted by Crippen LogP contribution is 2.53. The van der Waals surface area contributed by atoms with Gasteiger partial charge in [-0.2, -0.15) is 5.10 Å². The van der Waals surface area contributed by atoms with Crippen LogP contribution in [0.1, 0.15) is 66.7 Å². The lowest BCUT2D eigenvalue weighted by atomic mass is 9.57. The predicted octanol–water partition coefficient (Wildman–Crippen LogP) is 2.05. The number of anilines is 1. The molecule has 0 atom stereocenters. The fourth-order valence-electron chi connectivity index (χ4n) is 6.95. The van der Waals surface area contributed by atoms with E-state index in [-0.39, 0.29) is 11.4 Å². The molecule has 37 heavy (non-hydrogen) atoms. The van der Waals surface area contributed by atoms with Gasteiger partial charge in [0.25, 0.3) is 0 Å². The third kappa shape index (κ3) is 4.91. The largest absolute Gasteiger partial charge is 0.366 e. The molecular weight excluding hydrogens is 464 g/mol. The summed E-state index contributed by atoms with van der Waals surface area (Å²) < 4.78 is 2.32. The summed E-state index contributed by atoms with van der Waals surface area (Å²) in [5, 5.41) is 18.5. The number of nitrogens with two attached hydrogens (primary N) is 1. The van der Waals surface area contributed by atoms with Crippen LogP contribution in [0.4, 0.5) is 11.5 Å². The second-order valence-electron chi connectivity index (χ2n) is 11.9. The second-order valence-corrected chi connectivity index (χ2v) is 11.9. The molecule has 1 amide bonds. The van der Waals surface area contributed by atoms with E-state index in [1.165, 1.54) is 17.5 Å². The molecule has 2 aromatic heterocycles. The van der Waals surface area contributed by atoms with Crippen molar-refractivity contribution in [2.75, 3.05) is 39.1 Å². The lowest BCUT2D eigenvalue weighted by Crippen LogP contribution is -2.74. The summed E-state index contributed by atoms with van der Waals surface area (Å²) in [4.78, 5) is 21.4. The van der Waals surface area contributed by atoms with Gasteiger partial charge in [0.15, 0.2) is 0 Å². The molecular formula is C28H43N8O+. The van der Waals surface area contributed by atoms with Gasteiger partial charge >= 0.3 is 0 Å². The molecule has 2 bridgehead atoms. The summed E-state index contributed by atoms with van der Waals surface area (Å²) in [7, 11) is 5.88. The highest BCUT2D eigenvalue weighted by Gasteiger charge is 2.49. The number of rotatable bonds is 8. The van der Waals surface area contributed by atoms with Crippen molar-refractivity contribution in [2.24, 2.45) is 5.41 Å². The van der Waals surface area contributed by atoms with Crippen LogP contribution in [-0.4, -0.2) is 71.6 Å². The molecule has 0 aromatic carbocycles. The monoisotopic (exact) mass is 507 g/mol.